The Labute approximate surface area is 115 Å². The van der Waals surface area contributed by atoms with Crippen LogP contribution in [-0.4, -0.2) is 51.1 Å². The third-order valence-corrected chi connectivity index (χ3v) is 5.93. The van der Waals surface area contributed by atoms with Gasteiger partial charge in [0.05, 0.1) is 6.61 Å². The van der Waals surface area contributed by atoms with Crippen molar-refractivity contribution >= 4 is 10.2 Å². The summed E-state index contributed by atoms with van der Waals surface area (Å²) >= 11 is 0. The molecule has 3 atom stereocenters. The molecule has 2 aliphatic rings. The summed E-state index contributed by atoms with van der Waals surface area (Å²) in [6.45, 7) is 4.25. The normalized spacial score (nSPS) is 31.5. The number of nitrogens with zero attached hydrogens (tertiary/aromatic N) is 1. The molecule has 2 rings (SSSR count). The van der Waals surface area contributed by atoms with E-state index >= 15 is 0 Å². The van der Waals surface area contributed by atoms with E-state index < -0.39 is 10.2 Å². The Hall–Kier alpha value is -0.210. The summed E-state index contributed by atoms with van der Waals surface area (Å²) < 4.78 is 34.5. The van der Waals surface area contributed by atoms with Crippen LogP contribution in [-0.2, 0) is 14.9 Å². The predicted molar refractivity (Wildman–Crippen MR) is 73.8 cm³/mol. The molecular formula is C12H25N3O3S. The minimum Gasteiger partial charge on any atom is -0.381 e. The van der Waals surface area contributed by atoms with Crippen LogP contribution in [0.5, 0.6) is 0 Å². The Morgan fingerprint density at radius 1 is 1.42 bits per heavy atom. The second kappa shape index (κ2) is 6.49. The summed E-state index contributed by atoms with van der Waals surface area (Å²) in [6.07, 6.45) is 3.75. The van der Waals surface area contributed by atoms with Gasteiger partial charge in [0.15, 0.2) is 0 Å². The zero-order valence-electron chi connectivity index (χ0n) is 11.5. The van der Waals surface area contributed by atoms with Gasteiger partial charge in [-0.2, -0.15) is 17.4 Å². The van der Waals surface area contributed by atoms with Crippen molar-refractivity contribution in [1.82, 2.24) is 9.03 Å². The van der Waals surface area contributed by atoms with E-state index in [0.29, 0.717) is 19.7 Å². The molecule has 6 nitrogen and oxygen atoms in total. The van der Waals surface area contributed by atoms with Gasteiger partial charge in [-0.05, 0) is 26.2 Å². The van der Waals surface area contributed by atoms with Crippen molar-refractivity contribution < 1.29 is 13.2 Å². The number of piperidine rings is 1. The van der Waals surface area contributed by atoms with Crippen LogP contribution in [0.15, 0.2) is 0 Å². The van der Waals surface area contributed by atoms with Crippen molar-refractivity contribution in [3.8, 4) is 0 Å². The van der Waals surface area contributed by atoms with E-state index in [1.807, 2.05) is 6.92 Å². The first kappa shape index (κ1) is 15.2. The first-order valence-electron chi connectivity index (χ1n) is 7.11. The van der Waals surface area contributed by atoms with E-state index in [0.717, 1.165) is 32.3 Å². The van der Waals surface area contributed by atoms with Crippen molar-refractivity contribution in [2.45, 2.75) is 44.7 Å². The van der Waals surface area contributed by atoms with E-state index in [2.05, 4.69) is 4.72 Å². The highest BCUT2D eigenvalue weighted by atomic mass is 32.2. The maximum Gasteiger partial charge on any atom is 0.279 e. The molecular weight excluding hydrogens is 266 g/mol. The molecule has 0 aromatic rings. The fraction of sp³-hybridized carbons (Fsp3) is 1.00. The van der Waals surface area contributed by atoms with Crippen LogP contribution in [0.3, 0.4) is 0 Å². The second-order valence-electron chi connectivity index (χ2n) is 5.53. The lowest BCUT2D eigenvalue weighted by molar-refractivity contribution is 0.180. The van der Waals surface area contributed by atoms with Gasteiger partial charge in [0.1, 0.15) is 0 Å². The SMILES string of the molecule is CC(NS(=O)(=O)N1CCCCC1CN)C1CCOC1. The second-order valence-corrected chi connectivity index (χ2v) is 7.19. The summed E-state index contributed by atoms with van der Waals surface area (Å²) in [5, 5.41) is 0. The number of hydrogen-bond acceptors (Lipinski definition) is 4. The van der Waals surface area contributed by atoms with Crippen LogP contribution in [0.4, 0.5) is 0 Å². The minimum absolute atomic E-state index is 0.0571. The number of nitrogens with two attached hydrogens (primary N) is 1. The zero-order valence-corrected chi connectivity index (χ0v) is 12.4. The average Bonchev–Trinajstić information content (AvgIpc) is 2.92. The Balaban J connectivity index is 1.99. The number of hydrogen-bond donors (Lipinski definition) is 2. The van der Waals surface area contributed by atoms with Gasteiger partial charge in [0.2, 0.25) is 0 Å². The lowest BCUT2D eigenvalue weighted by atomic mass is 10.0. The lowest BCUT2D eigenvalue weighted by Crippen LogP contribution is -2.54. The smallest absolute Gasteiger partial charge is 0.279 e. The van der Waals surface area contributed by atoms with Gasteiger partial charge >= 0.3 is 0 Å². The van der Waals surface area contributed by atoms with Crippen LogP contribution in [0, 0.1) is 5.92 Å². The summed E-state index contributed by atoms with van der Waals surface area (Å²) in [5.41, 5.74) is 5.69. The topological polar surface area (TPSA) is 84.7 Å². The van der Waals surface area contributed by atoms with Gasteiger partial charge < -0.3 is 10.5 Å². The van der Waals surface area contributed by atoms with Gasteiger partial charge in [0, 0.05) is 37.7 Å². The highest BCUT2D eigenvalue weighted by Gasteiger charge is 2.34. The van der Waals surface area contributed by atoms with E-state index in [4.69, 9.17) is 10.5 Å². The fourth-order valence-corrected chi connectivity index (χ4v) is 4.62. The van der Waals surface area contributed by atoms with Crippen LogP contribution < -0.4 is 10.5 Å². The van der Waals surface area contributed by atoms with Gasteiger partial charge in [-0.15, -0.1) is 0 Å². The maximum absolute atomic E-state index is 12.4. The molecule has 2 heterocycles. The Morgan fingerprint density at radius 2 is 2.21 bits per heavy atom. The molecule has 0 bridgehead atoms. The largest absolute Gasteiger partial charge is 0.381 e. The molecule has 0 amide bonds. The standard InChI is InChI=1S/C12H25N3O3S/c1-10(11-5-7-18-9-11)14-19(16,17)15-6-3-2-4-12(15)8-13/h10-12,14H,2-9,13H2,1H3. The molecule has 112 valence electrons. The van der Waals surface area contributed by atoms with Crippen molar-refractivity contribution in [2.24, 2.45) is 11.7 Å². The summed E-state index contributed by atoms with van der Waals surface area (Å²) in [6, 6.07) is -0.147. The quantitative estimate of drug-likeness (QED) is 0.750. The van der Waals surface area contributed by atoms with Crippen molar-refractivity contribution in [3.63, 3.8) is 0 Å². The minimum atomic E-state index is -3.43. The molecule has 0 aromatic carbocycles. The monoisotopic (exact) mass is 291 g/mol. The molecule has 3 unspecified atom stereocenters. The fourth-order valence-electron chi connectivity index (χ4n) is 2.87. The highest BCUT2D eigenvalue weighted by Crippen LogP contribution is 2.21. The van der Waals surface area contributed by atoms with Crippen LogP contribution in [0.2, 0.25) is 0 Å². The predicted octanol–water partition coefficient (Wildman–Crippen LogP) is 0.0590. The van der Waals surface area contributed by atoms with Crippen molar-refractivity contribution in [1.29, 1.82) is 0 Å². The van der Waals surface area contributed by atoms with Crippen molar-refractivity contribution in [2.75, 3.05) is 26.3 Å². The van der Waals surface area contributed by atoms with E-state index in [-0.39, 0.29) is 18.0 Å². The first-order valence-corrected chi connectivity index (χ1v) is 8.55. The van der Waals surface area contributed by atoms with Gasteiger partial charge in [-0.1, -0.05) is 6.42 Å². The number of rotatable bonds is 5. The summed E-state index contributed by atoms with van der Waals surface area (Å²) in [5.74, 6) is 0.274. The maximum atomic E-state index is 12.4. The molecule has 2 fully saturated rings. The highest BCUT2D eigenvalue weighted by molar-refractivity contribution is 7.87. The molecule has 0 spiro atoms. The Morgan fingerprint density at radius 3 is 2.84 bits per heavy atom. The molecule has 0 aromatic heterocycles. The molecule has 3 N–H and O–H groups in total. The van der Waals surface area contributed by atoms with Gasteiger partial charge in [0.25, 0.3) is 10.2 Å². The van der Waals surface area contributed by atoms with Crippen LogP contribution in [0.1, 0.15) is 32.6 Å². The van der Waals surface area contributed by atoms with Gasteiger partial charge in [-0.25, -0.2) is 0 Å². The molecule has 2 saturated heterocycles. The Kier molecular flexibility index (Phi) is 5.19. The van der Waals surface area contributed by atoms with Crippen LogP contribution >= 0.6 is 0 Å². The molecule has 0 saturated carbocycles. The molecule has 7 heteroatoms. The lowest BCUT2D eigenvalue weighted by Gasteiger charge is -2.35. The van der Waals surface area contributed by atoms with E-state index in [1.165, 1.54) is 0 Å². The molecule has 0 aliphatic carbocycles. The summed E-state index contributed by atoms with van der Waals surface area (Å²) in [7, 11) is -3.43. The molecule has 0 radical (unpaired) electrons. The third kappa shape index (κ3) is 3.66. The Bertz CT molecular complexity index is 382. The zero-order chi connectivity index (χ0) is 13.9. The number of ether oxygens (including phenoxy) is 1. The molecule has 19 heavy (non-hydrogen) atoms. The van der Waals surface area contributed by atoms with Gasteiger partial charge in [-0.3, -0.25) is 0 Å². The summed E-state index contributed by atoms with van der Waals surface area (Å²) in [4.78, 5) is 0. The first-order chi connectivity index (χ1) is 9.04. The van der Waals surface area contributed by atoms with Crippen LogP contribution in [0.25, 0.3) is 0 Å². The van der Waals surface area contributed by atoms with E-state index in [9.17, 15) is 8.42 Å². The average molecular weight is 291 g/mol. The van der Waals surface area contributed by atoms with Crippen molar-refractivity contribution in [3.05, 3.63) is 0 Å². The molecule has 2 aliphatic heterocycles. The number of nitrogens with one attached hydrogen (secondary N) is 1. The third-order valence-electron chi connectivity index (χ3n) is 4.16. The van der Waals surface area contributed by atoms with E-state index in [1.54, 1.807) is 4.31 Å².